The average Bonchev–Trinajstić information content (AvgIpc) is 2.44. The molecule has 1 aromatic carbocycles. The Balaban J connectivity index is 2.57. The van der Waals surface area contributed by atoms with Gasteiger partial charge < -0.3 is 10.1 Å². The van der Waals surface area contributed by atoms with Crippen LogP contribution >= 0.6 is 11.6 Å². The van der Waals surface area contributed by atoms with Crippen LogP contribution in [0.2, 0.25) is 5.02 Å². The quantitative estimate of drug-likeness (QED) is 0.798. The van der Waals surface area contributed by atoms with Crippen molar-refractivity contribution in [3.63, 3.8) is 0 Å². The van der Waals surface area contributed by atoms with E-state index in [-0.39, 0.29) is 6.42 Å². The van der Waals surface area contributed by atoms with Crippen molar-refractivity contribution in [1.82, 2.24) is 4.98 Å². The normalized spacial score (nSPS) is 10.6. The van der Waals surface area contributed by atoms with Crippen molar-refractivity contribution >= 4 is 28.5 Å². The monoisotopic (exact) mass is 209 g/mol. The molecule has 1 aromatic heterocycles. The van der Waals surface area contributed by atoms with Crippen LogP contribution in [0.25, 0.3) is 10.9 Å². The first-order valence-corrected chi connectivity index (χ1v) is 4.53. The number of carboxylic acid groups (broad SMARTS) is 1. The molecule has 0 amide bonds. The third-order valence-corrected chi connectivity index (χ3v) is 2.47. The van der Waals surface area contributed by atoms with Crippen molar-refractivity contribution in [3.05, 3.63) is 35.0 Å². The molecule has 2 rings (SSSR count). The molecule has 0 saturated carbocycles. The number of hydrogen-bond donors (Lipinski definition) is 2. The van der Waals surface area contributed by atoms with Gasteiger partial charge in [0.25, 0.3) is 0 Å². The van der Waals surface area contributed by atoms with Crippen LogP contribution in [0.1, 0.15) is 5.69 Å². The molecule has 0 aliphatic heterocycles. The molecule has 0 saturated heterocycles. The summed E-state index contributed by atoms with van der Waals surface area (Å²) < 4.78 is 0. The highest BCUT2D eigenvalue weighted by Gasteiger charge is 2.11. The number of hydrogen-bond acceptors (Lipinski definition) is 1. The summed E-state index contributed by atoms with van der Waals surface area (Å²) in [6.45, 7) is 0. The highest BCUT2D eigenvalue weighted by molar-refractivity contribution is 6.36. The first kappa shape index (κ1) is 9.09. The van der Waals surface area contributed by atoms with Crippen LogP contribution in [-0.2, 0) is 11.2 Å². The number of rotatable bonds is 2. The van der Waals surface area contributed by atoms with E-state index >= 15 is 0 Å². The fraction of sp³-hybridized carbons (Fsp3) is 0.100. The van der Waals surface area contributed by atoms with Crippen molar-refractivity contribution in [2.24, 2.45) is 0 Å². The van der Waals surface area contributed by atoms with E-state index in [0.717, 1.165) is 10.9 Å². The van der Waals surface area contributed by atoms with Gasteiger partial charge in [0.15, 0.2) is 0 Å². The second-order valence-corrected chi connectivity index (χ2v) is 3.41. The van der Waals surface area contributed by atoms with E-state index in [1.165, 1.54) is 0 Å². The third kappa shape index (κ3) is 1.46. The van der Waals surface area contributed by atoms with Crippen LogP contribution in [0.5, 0.6) is 0 Å². The van der Waals surface area contributed by atoms with E-state index in [1.807, 2.05) is 24.3 Å². The molecule has 0 unspecified atom stereocenters. The highest BCUT2D eigenvalue weighted by atomic mass is 35.5. The summed E-state index contributed by atoms with van der Waals surface area (Å²) in [6, 6.07) is 7.47. The van der Waals surface area contributed by atoms with E-state index in [1.54, 1.807) is 0 Å². The minimum atomic E-state index is -0.890. The van der Waals surface area contributed by atoms with Gasteiger partial charge >= 0.3 is 5.97 Å². The SMILES string of the molecule is O=C(O)Cc1[nH]c2ccccc2c1Cl. The number of aliphatic carboxylic acids is 1. The molecule has 3 nitrogen and oxygen atoms in total. The number of nitrogens with one attached hydrogen (secondary N) is 1. The Bertz CT molecular complexity index is 490. The predicted octanol–water partition coefficient (Wildman–Crippen LogP) is 2.45. The molecule has 2 N–H and O–H groups in total. The molecule has 0 radical (unpaired) electrons. The Morgan fingerprint density at radius 3 is 2.79 bits per heavy atom. The molecule has 14 heavy (non-hydrogen) atoms. The van der Waals surface area contributed by atoms with E-state index < -0.39 is 5.97 Å². The lowest BCUT2D eigenvalue weighted by Crippen LogP contribution is -2.00. The molecular formula is C10H8ClNO2. The summed E-state index contributed by atoms with van der Waals surface area (Å²) in [5.41, 5.74) is 1.43. The van der Waals surface area contributed by atoms with E-state index in [9.17, 15) is 4.79 Å². The molecule has 0 bridgehead atoms. The smallest absolute Gasteiger partial charge is 0.309 e. The van der Waals surface area contributed by atoms with Gasteiger partial charge in [0.2, 0.25) is 0 Å². The van der Waals surface area contributed by atoms with E-state index in [0.29, 0.717) is 10.7 Å². The van der Waals surface area contributed by atoms with Crippen molar-refractivity contribution in [1.29, 1.82) is 0 Å². The summed E-state index contributed by atoms with van der Waals surface area (Å²) in [4.78, 5) is 13.5. The summed E-state index contributed by atoms with van der Waals surface area (Å²) in [5, 5.41) is 10.0. The molecule has 4 heteroatoms. The lowest BCUT2D eigenvalue weighted by molar-refractivity contribution is -0.136. The molecule has 0 atom stereocenters. The zero-order valence-corrected chi connectivity index (χ0v) is 8.01. The highest BCUT2D eigenvalue weighted by Crippen LogP contribution is 2.27. The molecule has 1 heterocycles. The van der Waals surface area contributed by atoms with Crippen molar-refractivity contribution in [2.75, 3.05) is 0 Å². The van der Waals surface area contributed by atoms with Gasteiger partial charge in [-0.2, -0.15) is 0 Å². The van der Waals surface area contributed by atoms with Crippen molar-refractivity contribution in [3.8, 4) is 0 Å². The van der Waals surface area contributed by atoms with Crippen LogP contribution < -0.4 is 0 Å². The van der Waals surface area contributed by atoms with Gasteiger partial charge in [-0.25, -0.2) is 0 Å². The van der Waals surface area contributed by atoms with Gasteiger partial charge in [-0.15, -0.1) is 0 Å². The average molecular weight is 210 g/mol. The van der Waals surface area contributed by atoms with Gasteiger partial charge in [0.05, 0.1) is 11.4 Å². The summed E-state index contributed by atoms with van der Waals surface area (Å²) in [6.07, 6.45) is -0.0759. The van der Waals surface area contributed by atoms with Crippen LogP contribution in [0, 0.1) is 0 Å². The molecule has 0 spiro atoms. The predicted molar refractivity (Wildman–Crippen MR) is 54.6 cm³/mol. The van der Waals surface area contributed by atoms with Gasteiger partial charge in [-0.1, -0.05) is 29.8 Å². The number of carboxylic acids is 1. The maximum absolute atomic E-state index is 10.5. The lowest BCUT2D eigenvalue weighted by Gasteiger charge is -1.91. The fourth-order valence-corrected chi connectivity index (χ4v) is 1.72. The van der Waals surface area contributed by atoms with Crippen LogP contribution in [0.4, 0.5) is 0 Å². The van der Waals surface area contributed by atoms with Gasteiger partial charge in [-0.3, -0.25) is 4.79 Å². The second-order valence-electron chi connectivity index (χ2n) is 3.03. The molecule has 2 aromatic rings. The zero-order chi connectivity index (χ0) is 10.1. The number of aromatic amines is 1. The van der Waals surface area contributed by atoms with Crippen molar-refractivity contribution < 1.29 is 9.90 Å². The maximum Gasteiger partial charge on any atom is 0.309 e. The summed E-state index contributed by atoms with van der Waals surface area (Å²) in [5.74, 6) is -0.890. The Hall–Kier alpha value is -1.48. The van der Waals surface area contributed by atoms with Gasteiger partial charge in [-0.05, 0) is 6.07 Å². The number of aromatic nitrogens is 1. The minimum Gasteiger partial charge on any atom is -0.481 e. The number of para-hydroxylation sites is 1. The standard InChI is InChI=1S/C10H8ClNO2/c11-10-6-3-1-2-4-7(6)12-8(10)5-9(13)14/h1-4,12H,5H2,(H,13,14). The number of benzene rings is 1. The number of fused-ring (bicyclic) bond motifs is 1. The molecule has 0 fully saturated rings. The maximum atomic E-state index is 10.5. The van der Waals surface area contributed by atoms with Crippen LogP contribution in [0.3, 0.4) is 0 Å². The lowest BCUT2D eigenvalue weighted by atomic mass is 10.2. The summed E-state index contributed by atoms with van der Waals surface area (Å²) in [7, 11) is 0. The Labute approximate surface area is 85.3 Å². The molecule has 0 aliphatic rings. The molecule has 0 aliphatic carbocycles. The Kier molecular flexibility index (Phi) is 2.17. The largest absolute Gasteiger partial charge is 0.481 e. The number of halogens is 1. The number of carbonyl (C=O) groups is 1. The second kappa shape index (κ2) is 3.35. The van der Waals surface area contributed by atoms with Crippen molar-refractivity contribution in [2.45, 2.75) is 6.42 Å². The van der Waals surface area contributed by atoms with Crippen LogP contribution in [-0.4, -0.2) is 16.1 Å². The van der Waals surface area contributed by atoms with E-state index in [2.05, 4.69) is 4.98 Å². The molecular weight excluding hydrogens is 202 g/mol. The topological polar surface area (TPSA) is 53.1 Å². The van der Waals surface area contributed by atoms with E-state index in [4.69, 9.17) is 16.7 Å². The first-order valence-electron chi connectivity index (χ1n) is 4.15. The zero-order valence-electron chi connectivity index (χ0n) is 7.25. The first-order chi connectivity index (χ1) is 6.68. The third-order valence-electron chi connectivity index (χ3n) is 2.04. The van der Waals surface area contributed by atoms with Crippen LogP contribution in [0.15, 0.2) is 24.3 Å². The Morgan fingerprint density at radius 2 is 2.14 bits per heavy atom. The van der Waals surface area contributed by atoms with Gasteiger partial charge in [0.1, 0.15) is 0 Å². The Morgan fingerprint density at radius 1 is 1.43 bits per heavy atom. The number of H-pyrrole nitrogens is 1. The minimum absolute atomic E-state index is 0.0759. The molecule has 72 valence electrons. The summed E-state index contributed by atoms with van der Waals surface area (Å²) >= 11 is 6.01. The fourth-order valence-electron chi connectivity index (χ4n) is 1.44. The van der Waals surface area contributed by atoms with Gasteiger partial charge in [0, 0.05) is 16.6 Å².